The fraction of sp³-hybridized carbons (Fsp3) is 0.478. The largest absolute Gasteiger partial charge is 0.394 e. The Morgan fingerprint density at radius 1 is 1.00 bits per heavy atom. The molecule has 5 atom stereocenters. The molecule has 2 heterocycles. The smallest absolute Gasteiger partial charge is 0.201 e. The summed E-state index contributed by atoms with van der Waals surface area (Å²) in [5.74, 6) is -1.62. The van der Waals surface area contributed by atoms with Crippen LogP contribution in [0.3, 0.4) is 0 Å². The minimum atomic E-state index is -1.15. The van der Waals surface area contributed by atoms with Crippen LogP contribution in [-0.2, 0) is 34.7 Å². The molecule has 28 heavy (non-hydrogen) atoms. The highest BCUT2D eigenvalue weighted by Gasteiger charge is 2.56. The van der Waals surface area contributed by atoms with Crippen molar-refractivity contribution in [2.24, 2.45) is 5.92 Å². The van der Waals surface area contributed by atoms with E-state index in [1.165, 1.54) is 11.1 Å². The van der Waals surface area contributed by atoms with Gasteiger partial charge in [-0.3, -0.25) is 0 Å². The van der Waals surface area contributed by atoms with Crippen LogP contribution >= 0.6 is 0 Å². The maximum absolute atomic E-state index is 10.5. The second-order valence-electron chi connectivity index (χ2n) is 7.90. The lowest BCUT2D eigenvalue weighted by molar-refractivity contribution is -0.352. The van der Waals surface area contributed by atoms with Crippen molar-refractivity contribution in [1.82, 2.24) is 0 Å². The van der Waals surface area contributed by atoms with Crippen molar-refractivity contribution >= 4 is 0 Å². The highest BCUT2D eigenvalue weighted by atomic mass is 16.7. The van der Waals surface area contributed by atoms with E-state index in [1.807, 2.05) is 13.0 Å². The van der Waals surface area contributed by atoms with E-state index in [-0.39, 0.29) is 6.61 Å². The Morgan fingerprint density at radius 3 is 2.36 bits per heavy atom. The number of aliphatic hydroxyl groups excluding tert-OH is 3. The Morgan fingerprint density at radius 2 is 1.68 bits per heavy atom. The minimum Gasteiger partial charge on any atom is -0.394 e. The first kappa shape index (κ1) is 19.6. The first-order valence-corrected chi connectivity index (χ1v) is 9.97. The molecule has 0 aromatic heterocycles. The van der Waals surface area contributed by atoms with Gasteiger partial charge >= 0.3 is 0 Å². The summed E-state index contributed by atoms with van der Waals surface area (Å²) in [5, 5.41) is 30.3. The predicted octanol–water partition coefficient (Wildman–Crippen LogP) is 2.27. The minimum absolute atomic E-state index is 0.380. The summed E-state index contributed by atoms with van der Waals surface area (Å²) in [7, 11) is 0. The van der Waals surface area contributed by atoms with Crippen molar-refractivity contribution in [3.05, 3.63) is 70.3 Å². The summed E-state index contributed by atoms with van der Waals surface area (Å²) >= 11 is 0. The molecule has 0 aliphatic carbocycles. The normalized spacial score (nSPS) is 31.9. The maximum atomic E-state index is 10.5. The molecule has 0 amide bonds. The molecule has 0 saturated carbocycles. The van der Waals surface area contributed by atoms with Gasteiger partial charge in [0.25, 0.3) is 0 Å². The van der Waals surface area contributed by atoms with Gasteiger partial charge in [0.2, 0.25) is 5.79 Å². The number of benzene rings is 2. The lowest BCUT2D eigenvalue weighted by Crippen LogP contribution is -2.59. The van der Waals surface area contributed by atoms with Crippen LogP contribution in [0.25, 0.3) is 0 Å². The number of aliphatic hydroxyl groups is 3. The fourth-order valence-electron chi connectivity index (χ4n) is 4.34. The SMILES string of the molecule is CCc1ccc(Cc2ccc3c(c2)[C@]2(OC3)O[C@H](CO)C(O)[C@H](O)C2C)cc1. The molecule has 1 fully saturated rings. The van der Waals surface area contributed by atoms with Crippen LogP contribution in [-0.4, -0.2) is 40.2 Å². The summed E-state index contributed by atoms with van der Waals surface area (Å²) in [4.78, 5) is 0. The first-order chi connectivity index (χ1) is 13.5. The summed E-state index contributed by atoms with van der Waals surface area (Å²) < 4.78 is 12.1. The van der Waals surface area contributed by atoms with E-state index >= 15 is 0 Å². The van der Waals surface area contributed by atoms with Crippen LogP contribution in [0.1, 0.15) is 41.7 Å². The molecule has 2 unspecified atom stereocenters. The number of rotatable bonds is 4. The topological polar surface area (TPSA) is 79.2 Å². The summed E-state index contributed by atoms with van der Waals surface area (Å²) in [6.07, 6.45) is -1.26. The molecule has 2 aromatic rings. The van der Waals surface area contributed by atoms with Gasteiger partial charge < -0.3 is 24.8 Å². The van der Waals surface area contributed by atoms with E-state index in [0.29, 0.717) is 6.61 Å². The molecule has 1 saturated heterocycles. The van der Waals surface area contributed by atoms with Crippen molar-refractivity contribution in [2.45, 2.75) is 57.4 Å². The van der Waals surface area contributed by atoms with Crippen LogP contribution in [0.5, 0.6) is 0 Å². The van der Waals surface area contributed by atoms with Crippen LogP contribution in [0.15, 0.2) is 42.5 Å². The molecule has 2 aliphatic heterocycles. The van der Waals surface area contributed by atoms with E-state index in [2.05, 4.69) is 43.3 Å². The fourth-order valence-corrected chi connectivity index (χ4v) is 4.34. The van der Waals surface area contributed by atoms with Gasteiger partial charge in [0.1, 0.15) is 12.2 Å². The molecule has 5 heteroatoms. The van der Waals surface area contributed by atoms with Crippen LogP contribution < -0.4 is 0 Å². The first-order valence-electron chi connectivity index (χ1n) is 9.97. The molecule has 0 bridgehead atoms. The van der Waals surface area contributed by atoms with E-state index in [4.69, 9.17) is 9.47 Å². The predicted molar refractivity (Wildman–Crippen MR) is 105 cm³/mol. The monoisotopic (exact) mass is 384 g/mol. The Balaban J connectivity index is 1.66. The van der Waals surface area contributed by atoms with Crippen molar-refractivity contribution in [2.75, 3.05) is 6.61 Å². The zero-order valence-electron chi connectivity index (χ0n) is 16.3. The van der Waals surface area contributed by atoms with Gasteiger partial charge in [-0.25, -0.2) is 0 Å². The van der Waals surface area contributed by atoms with Gasteiger partial charge in [-0.05, 0) is 41.2 Å². The van der Waals surface area contributed by atoms with Gasteiger partial charge in [0.05, 0.1) is 19.3 Å². The van der Waals surface area contributed by atoms with Crippen LogP contribution in [0, 0.1) is 5.92 Å². The van der Waals surface area contributed by atoms with Gasteiger partial charge in [0, 0.05) is 11.5 Å². The summed E-state index contributed by atoms with van der Waals surface area (Å²) in [6, 6.07) is 14.8. The highest BCUT2D eigenvalue weighted by molar-refractivity contribution is 5.40. The highest BCUT2D eigenvalue weighted by Crippen LogP contribution is 2.49. The van der Waals surface area contributed by atoms with Gasteiger partial charge in [-0.15, -0.1) is 0 Å². The lowest BCUT2D eigenvalue weighted by atomic mass is 9.81. The number of hydrogen-bond donors (Lipinski definition) is 3. The Bertz CT molecular complexity index is 831. The molecule has 3 N–H and O–H groups in total. The molecular formula is C23H28O5. The number of fused-ring (bicyclic) bond motifs is 2. The molecule has 4 rings (SSSR count). The average Bonchev–Trinajstić information content (AvgIpc) is 3.08. The molecule has 5 nitrogen and oxygen atoms in total. The van der Waals surface area contributed by atoms with E-state index < -0.39 is 30.0 Å². The van der Waals surface area contributed by atoms with Crippen LogP contribution in [0.4, 0.5) is 0 Å². The standard InChI is InChI=1S/C23H28O5/c1-3-15-4-6-16(7-5-15)10-17-8-9-18-13-27-23(19(18)11-17)14(2)21(25)22(26)20(12-24)28-23/h4-9,11,14,20-22,24-26H,3,10,12-13H2,1-2H3/t14?,20-,21-,22?,23-/m1/s1. The molecule has 0 radical (unpaired) electrons. The van der Waals surface area contributed by atoms with Gasteiger partial charge in [-0.1, -0.05) is 50.2 Å². The van der Waals surface area contributed by atoms with Gasteiger partial charge in [0.15, 0.2) is 0 Å². The number of hydrogen-bond acceptors (Lipinski definition) is 5. The van der Waals surface area contributed by atoms with Crippen molar-refractivity contribution in [3.63, 3.8) is 0 Å². The summed E-state index contributed by atoms with van der Waals surface area (Å²) in [5.41, 5.74) is 5.57. The third-order valence-electron chi connectivity index (χ3n) is 6.18. The van der Waals surface area contributed by atoms with Crippen molar-refractivity contribution in [3.8, 4) is 0 Å². The molecule has 1 spiro atoms. The maximum Gasteiger partial charge on any atom is 0.201 e. The average molecular weight is 384 g/mol. The van der Waals surface area contributed by atoms with E-state index in [9.17, 15) is 15.3 Å². The Kier molecular flexibility index (Phi) is 5.29. The summed E-state index contributed by atoms with van der Waals surface area (Å²) in [6.45, 7) is 3.96. The lowest BCUT2D eigenvalue weighted by Gasteiger charge is -2.47. The zero-order chi connectivity index (χ0) is 19.9. The zero-order valence-corrected chi connectivity index (χ0v) is 16.3. The Labute approximate surface area is 165 Å². The molecular weight excluding hydrogens is 356 g/mol. The van der Waals surface area contributed by atoms with E-state index in [0.717, 1.165) is 29.5 Å². The van der Waals surface area contributed by atoms with Crippen molar-refractivity contribution < 1.29 is 24.8 Å². The third-order valence-corrected chi connectivity index (χ3v) is 6.18. The number of aryl methyl sites for hydroxylation is 1. The second kappa shape index (κ2) is 7.58. The van der Waals surface area contributed by atoms with Crippen molar-refractivity contribution in [1.29, 1.82) is 0 Å². The van der Waals surface area contributed by atoms with E-state index in [1.54, 1.807) is 0 Å². The third kappa shape index (κ3) is 3.17. The quantitative estimate of drug-likeness (QED) is 0.754. The molecule has 2 aliphatic rings. The molecule has 150 valence electrons. The number of ether oxygens (including phenoxy) is 2. The van der Waals surface area contributed by atoms with Crippen LogP contribution in [0.2, 0.25) is 0 Å². The molecule has 2 aromatic carbocycles. The van der Waals surface area contributed by atoms with Gasteiger partial charge in [-0.2, -0.15) is 0 Å². The Hall–Kier alpha value is -1.76. The second-order valence-corrected chi connectivity index (χ2v) is 7.90.